The van der Waals surface area contributed by atoms with Gasteiger partial charge in [-0.25, -0.2) is 0 Å². The first-order valence-corrected chi connectivity index (χ1v) is 11.3. The Morgan fingerprint density at radius 3 is 2.47 bits per heavy atom. The predicted octanol–water partition coefficient (Wildman–Crippen LogP) is 2.36. The van der Waals surface area contributed by atoms with E-state index in [2.05, 4.69) is 58.7 Å². The highest BCUT2D eigenvalue weighted by Gasteiger charge is 2.22. The van der Waals surface area contributed by atoms with Crippen LogP contribution in [0.25, 0.3) is 0 Å². The summed E-state index contributed by atoms with van der Waals surface area (Å²) in [6, 6.07) is 8.75. The van der Waals surface area contributed by atoms with E-state index in [9.17, 15) is 0 Å². The molecule has 0 aliphatic carbocycles. The molecule has 1 aliphatic rings. The van der Waals surface area contributed by atoms with E-state index in [1.165, 1.54) is 24.8 Å². The first-order valence-electron chi connectivity index (χ1n) is 11.3. The molecule has 0 bridgehead atoms. The van der Waals surface area contributed by atoms with Crippen LogP contribution in [0.15, 0.2) is 29.3 Å². The summed E-state index contributed by atoms with van der Waals surface area (Å²) in [4.78, 5) is 9.78. The molecule has 0 amide bonds. The van der Waals surface area contributed by atoms with Crippen LogP contribution in [-0.4, -0.2) is 89.4 Å². The third kappa shape index (κ3) is 8.50. The van der Waals surface area contributed by atoms with Crippen LogP contribution in [0.4, 0.5) is 0 Å². The molecule has 2 N–H and O–H groups in total. The van der Waals surface area contributed by atoms with E-state index >= 15 is 0 Å². The smallest absolute Gasteiger partial charge is 0.191 e. The number of guanidine groups is 1. The molecular weight excluding hydrogens is 378 g/mol. The molecule has 7 nitrogen and oxygen atoms in total. The van der Waals surface area contributed by atoms with Crippen molar-refractivity contribution in [1.29, 1.82) is 0 Å². The third-order valence-corrected chi connectivity index (χ3v) is 5.56. The van der Waals surface area contributed by atoms with Gasteiger partial charge < -0.3 is 25.0 Å². The summed E-state index contributed by atoms with van der Waals surface area (Å²) < 4.78 is 10.5. The quantitative estimate of drug-likeness (QED) is 0.401. The second-order valence-electron chi connectivity index (χ2n) is 7.83. The van der Waals surface area contributed by atoms with Crippen molar-refractivity contribution >= 4 is 5.96 Å². The molecule has 1 atom stereocenters. The number of aliphatic imine (C=N–C) groups is 1. The summed E-state index contributed by atoms with van der Waals surface area (Å²) in [7, 11) is 5.56. The van der Waals surface area contributed by atoms with Gasteiger partial charge in [-0.1, -0.05) is 18.6 Å². The topological polar surface area (TPSA) is 61.4 Å². The van der Waals surface area contributed by atoms with Gasteiger partial charge in [-0.2, -0.15) is 0 Å². The van der Waals surface area contributed by atoms with E-state index in [0.717, 1.165) is 64.1 Å². The zero-order chi connectivity index (χ0) is 21.6. The van der Waals surface area contributed by atoms with Crippen molar-refractivity contribution in [3.8, 4) is 5.75 Å². The minimum absolute atomic E-state index is 0.288. The molecule has 0 saturated carbocycles. The molecule has 0 aromatic heterocycles. The maximum atomic E-state index is 5.34. The zero-order valence-electron chi connectivity index (χ0n) is 19.3. The number of hydrogen-bond acceptors (Lipinski definition) is 5. The van der Waals surface area contributed by atoms with E-state index in [1.54, 1.807) is 14.2 Å². The van der Waals surface area contributed by atoms with Crippen LogP contribution in [-0.2, 0) is 4.74 Å². The number of rotatable bonds is 12. The maximum absolute atomic E-state index is 5.34. The standard InChI is InChI=1S/C23H41N5O2/c1-5-24-23(25-13-16-27(2)17-18-29-3)26-19-22(28-14-7-6-8-15-28)20-9-11-21(30-4)12-10-20/h9-12,22H,5-8,13-19H2,1-4H3,(H2,24,25,26). The van der Waals surface area contributed by atoms with Crippen molar-refractivity contribution in [2.45, 2.75) is 32.2 Å². The maximum Gasteiger partial charge on any atom is 0.191 e. The molecule has 1 unspecified atom stereocenters. The number of benzene rings is 1. The number of nitrogens with one attached hydrogen (secondary N) is 2. The van der Waals surface area contributed by atoms with Gasteiger partial charge in [-0.15, -0.1) is 0 Å². The van der Waals surface area contributed by atoms with Gasteiger partial charge in [0.25, 0.3) is 0 Å². The molecule has 1 fully saturated rings. The van der Waals surface area contributed by atoms with Crippen molar-refractivity contribution in [3.63, 3.8) is 0 Å². The lowest BCUT2D eigenvalue weighted by Gasteiger charge is -2.34. The lowest BCUT2D eigenvalue weighted by molar-refractivity contribution is 0.162. The van der Waals surface area contributed by atoms with Gasteiger partial charge in [-0.05, 0) is 57.6 Å². The average molecular weight is 420 g/mol. The van der Waals surface area contributed by atoms with Gasteiger partial charge >= 0.3 is 0 Å². The van der Waals surface area contributed by atoms with Gasteiger partial charge in [-0.3, -0.25) is 9.89 Å². The minimum Gasteiger partial charge on any atom is -0.497 e. The fraction of sp³-hybridized carbons (Fsp3) is 0.696. The van der Waals surface area contributed by atoms with Crippen LogP contribution in [0.3, 0.4) is 0 Å². The number of likely N-dealkylation sites (N-methyl/N-ethyl adjacent to an activating group) is 1. The van der Waals surface area contributed by atoms with Gasteiger partial charge in [0, 0.05) is 33.3 Å². The molecule has 1 aliphatic heterocycles. The summed E-state index contributed by atoms with van der Waals surface area (Å²) in [5, 5.41) is 6.86. The van der Waals surface area contributed by atoms with Crippen molar-refractivity contribution in [1.82, 2.24) is 20.4 Å². The van der Waals surface area contributed by atoms with Crippen LogP contribution >= 0.6 is 0 Å². The fourth-order valence-corrected chi connectivity index (χ4v) is 3.73. The second-order valence-corrected chi connectivity index (χ2v) is 7.83. The first kappa shape index (κ1) is 24.4. The van der Waals surface area contributed by atoms with Crippen LogP contribution in [0.1, 0.15) is 37.8 Å². The molecular formula is C23H41N5O2. The monoisotopic (exact) mass is 419 g/mol. The molecule has 2 rings (SSSR count). The van der Waals surface area contributed by atoms with Crippen molar-refractivity contribution in [2.24, 2.45) is 4.99 Å². The molecule has 0 spiro atoms. The minimum atomic E-state index is 0.288. The Balaban J connectivity index is 2.01. The van der Waals surface area contributed by atoms with Crippen molar-refractivity contribution in [2.75, 3.05) is 73.7 Å². The normalized spacial score (nSPS) is 16.5. The molecule has 170 valence electrons. The summed E-state index contributed by atoms with van der Waals surface area (Å²) in [6.45, 7) is 9.45. The summed E-state index contributed by atoms with van der Waals surface area (Å²) in [5.74, 6) is 1.78. The van der Waals surface area contributed by atoms with Crippen LogP contribution < -0.4 is 15.4 Å². The molecule has 7 heteroatoms. The highest BCUT2D eigenvalue weighted by molar-refractivity contribution is 5.79. The van der Waals surface area contributed by atoms with Crippen LogP contribution in [0.5, 0.6) is 5.75 Å². The fourth-order valence-electron chi connectivity index (χ4n) is 3.73. The highest BCUT2D eigenvalue weighted by atomic mass is 16.5. The average Bonchev–Trinajstić information content (AvgIpc) is 2.79. The number of methoxy groups -OCH3 is 2. The van der Waals surface area contributed by atoms with E-state index in [1.807, 2.05) is 0 Å². The Hall–Kier alpha value is -1.83. The summed E-state index contributed by atoms with van der Waals surface area (Å²) in [5.41, 5.74) is 1.30. The zero-order valence-corrected chi connectivity index (χ0v) is 19.3. The number of likely N-dealkylation sites (tertiary alicyclic amines) is 1. The molecule has 1 aromatic carbocycles. The number of piperidine rings is 1. The molecule has 30 heavy (non-hydrogen) atoms. The van der Waals surface area contributed by atoms with Gasteiger partial charge in [0.1, 0.15) is 5.75 Å². The number of hydrogen-bond donors (Lipinski definition) is 2. The van der Waals surface area contributed by atoms with Crippen molar-refractivity contribution < 1.29 is 9.47 Å². The number of nitrogens with zero attached hydrogens (tertiary/aromatic N) is 3. The van der Waals surface area contributed by atoms with E-state index < -0.39 is 0 Å². The van der Waals surface area contributed by atoms with Gasteiger partial charge in [0.15, 0.2) is 5.96 Å². The Morgan fingerprint density at radius 2 is 1.83 bits per heavy atom. The van der Waals surface area contributed by atoms with Gasteiger partial charge in [0.2, 0.25) is 0 Å². The molecule has 1 saturated heterocycles. The van der Waals surface area contributed by atoms with E-state index in [4.69, 9.17) is 14.5 Å². The van der Waals surface area contributed by atoms with Crippen LogP contribution in [0, 0.1) is 0 Å². The number of ether oxygens (including phenoxy) is 2. The first-order chi connectivity index (χ1) is 14.7. The lowest BCUT2D eigenvalue weighted by atomic mass is 10.0. The molecule has 1 heterocycles. The van der Waals surface area contributed by atoms with E-state index in [-0.39, 0.29) is 6.04 Å². The highest BCUT2D eigenvalue weighted by Crippen LogP contribution is 2.26. The summed E-state index contributed by atoms with van der Waals surface area (Å²) >= 11 is 0. The second kappa shape index (κ2) is 14.2. The Morgan fingerprint density at radius 1 is 1.10 bits per heavy atom. The molecule has 1 aromatic rings. The molecule has 0 radical (unpaired) electrons. The third-order valence-electron chi connectivity index (χ3n) is 5.56. The Bertz CT molecular complexity index is 602. The Labute approximate surface area is 182 Å². The van der Waals surface area contributed by atoms with Crippen LogP contribution in [0.2, 0.25) is 0 Å². The largest absolute Gasteiger partial charge is 0.497 e. The van der Waals surface area contributed by atoms with Gasteiger partial charge in [0.05, 0.1) is 26.3 Å². The van der Waals surface area contributed by atoms with Crippen molar-refractivity contribution in [3.05, 3.63) is 29.8 Å². The Kier molecular flexibility index (Phi) is 11.6. The van der Waals surface area contributed by atoms with E-state index in [0.29, 0.717) is 0 Å². The predicted molar refractivity (Wildman–Crippen MR) is 125 cm³/mol. The SMILES string of the molecule is CCNC(=NCC(c1ccc(OC)cc1)N1CCCCC1)NCCN(C)CCOC. The lowest BCUT2D eigenvalue weighted by Crippen LogP contribution is -2.42. The summed E-state index contributed by atoms with van der Waals surface area (Å²) in [6.07, 6.45) is 3.86.